The SMILES string of the molecule is CC(c1cccc(Cl)c1)N(C)c1nc(Cl)nnc1Cl. The van der Waals surface area contributed by atoms with Crippen LogP contribution in [0.2, 0.25) is 15.5 Å². The van der Waals surface area contributed by atoms with Crippen molar-refractivity contribution in [3.63, 3.8) is 0 Å². The number of rotatable bonds is 3. The van der Waals surface area contributed by atoms with E-state index in [1.165, 1.54) is 0 Å². The van der Waals surface area contributed by atoms with Crippen molar-refractivity contribution in [1.82, 2.24) is 15.2 Å². The first-order chi connectivity index (χ1) is 8.99. The van der Waals surface area contributed by atoms with Crippen LogP contribution in [0.25, 0.3) is 0 Å². The highest BCUT2D eigenvalue weighted by Gasteiger charge is 2.18. The summed E-state index contributed by atoms with van der Waals surface area (Å²) in [4.78, 5) is 5.96. The second-order valence-corrected chi connectivity index (χ2v) is 5.17. The van der Waals surface area contributed by atoms with Gasteiger partial charge in [-0.1, -0.05) is 35.3 Å². The molecule has 0 N–H and O–H groups in total. The van der Waals surface area contributed by atoms with Crippen molar-refractivity contribution in [1.29, 1.82) is 0 Å². The lowest BCUT2D eigenvalue weighted by Gasteiger charge is -2.26. The van der Waals surface area contributed by atoms with Crippen molar-refractivity contribution >= 4 is 40.6 Å². The average Bonchev–Trinajstić information content (AvgIpc) is 2.40. The van der Waals surface area contributed by atoms with Crippen molar-refractivity contribution in [2.24, 2.45) is 0 Å². The molecule has 0 aliphatic rings. The zero-order valence-electron chi connectivity index (χ0n) is 10.3. The van der Waals surface area contributed by atoms with Gasteiger partial charge in [0.1, 0.15) is 0 Å². The standard InChI is InChI=1S/C12H11Cl3N4/c1-7(8-4-3-5-9(13)6-8)19(2)11-10(14)17-18-12(15)16-11/h3-7H,1-2H3. The zero-order valence-corrected chi connectivity index (χ0v) is 12.6. The third kappa shape index (κ3) is 3.26. The summed E-state index contributed by atoms with van der Waals surface area (Å²) in [7, 11) is 1.86. The molecule has 1 atom stereocenters. The van der Waals surface area contributed by atoms with Crippen LogP contribution in [-0.2, 0) is 0 Å². The highest BCUT2D eigenvalue weighted by atomic mass is 35.5. The smallest absolute Gasteiger partial charge is 0.245 e. The molecule has 2 rings (SSSR count). The number of hydrogen-bond donors (Lipinski definition) is 0. The van der Waals surface area contributed by atoms with Gasteiger partial charge >= 0.3 is 0 Å². The first-order valence-electron chi connectivity index (χ1n) is 5.53. The molecule has 0 radical (unpaired) electrons. The number of nitrogens with zero attached hydrogens (tertiary/aromatic N) is 4. The lowest BCUT2D eigenvalue weighted by molar-refractivity contribution is 0.721. The Morgan fingerprint density at radius 1 is 1.16 bits per heavy atom. The monoisotopic (exact) mass is 316 g/mol. The molecule has 0 fully saturated rings. The molecule has 1 aromatic heterocycles. The third-order valence-corrected chi connectivity index (χ3v) is 3.49. The fourth-order valence-corrected chi connectivity index (χ4v) is 2.21. The van der Waals surface area contributed by atoms with E-state index in [0.29, 0.717) is 10.8 Å². The first kappa shape index (κ1) is 14.3. The van der Waals surface area contributed by atoms with Gasteiger partial charge in [0.25, 0.3) is 0 Å². The van der Waals surface area contributed by atoms with Crippen LogP contribution in [0, 0.1) is 0 Å². The van der Waals surface area contributed by atoms with Crippen molar-refractivity contribution in [2.75, 3.05) is 11.9 Å². The Balaban J connectivity index is 2.33. The van der Waals surface area contributed by atoms with Crippen LogP contribution in [0.4, 0.5) is 5.82 Å². The van der Waals surface area contributed by atoms with Crippen molar-refractivity contribution in [2.45, 2.75) is 13.0 Å². The Kier molecular flexibility index (Phi) is 4.45. The summed E-state index contributed by atoms with van der Waals surface area (Å²) < 4.78 is 0. The van der Waals surface area contributed by atoms with Gasteiger partial charge in [-0.3, -0.25) is 0 Å². The minimum Gasteiger partial charge on any atom is -0.350 e. The quantitative estimate of drug-likeness (QED) is 0.857. The molecule has 100 valence electrons. The fraction of sp³-hybridized carbons (Fsp3) is 0.250. The van der Waals surface area contributed by atoms with Gasteiger partial charge in [-0.2, -0.15) is 4.98 Å². The molecule has 2 aromatic rings. The van der Waals surface area contributed by atoms with E-state index in [9.17, 15) is 0 Å². The second kappa shape index (κ2) is 5.90. The molecule has 0 amide bonds. The molecule has 1 unspecified atom stereocenters. The normalized spacial score (nSPS) is 12.3. The molecule has 7 heteroatoms. The lowest BCUT2D eigenvalue weighted by Crippen LogP contribution is -2.23. The minimum atomic E-state index is 0.0176. The molecule has 0 saturated heterocycles. The van der Waals surface area contributed by atoms with Gasteiger partial charge in [0.15, 0.2) is 11.0 Å². The Labute approximate surface area is 126 Å². The molecule has 4 nitrogen and oxygen atoms in total. The van der Waals surface area contributed by atoms with Crippen LogP contribution < -0.4 is 4.90 Å². The summed E-state index contributed by atoms with van der Waals surface area (Å²) >= 11 is 17.7. The maximum absolute atomic E-state index is 5.99. The van der Waals surface area contributed by atoms with Crippen molar-refractivity contribution in [3.05, 3.63) is 45.3 Å². The molecule has 1 aromatic carbocycles. The van der Waals surface area contributed by atoms with Crippen LogP contribution in [0.5, 0.6) is 0 Å². The van der Waals surface area contributed by atoms with E-state index in [1.807, 2.05) is 43.1 Å². The molecular formula is C12H11Cl3N4. The van der Waals surface area contributed by atoms with E-state index in [-0.39, 0.29) is 16.5 Å². The molecule has 19 heavy (non-hydrogen) atoms. The summed E-state index contributed by atoms with van der Waals surface area (Å²) in [5.74, 6) is 0.481. The third-order valence-electron chi connectivity index (χ3n) is 2.85. The van der Waals surface area contributed by atoms with E-state index < -0.39 is 0 Å². The van der Waals surface area contributed by atoms with E-state index >= 15 is 0 Å². The molecular weight excluding hydrogens is 307 g/mol. The molecule has 0 aliphatic heterocycles. The lowest BCUT2D eigenvalue weighted by atomic mass is 10.1. The summed E-state index contributed by atoms with van der Waals surface area (Å²) in [6, 6.07) is 7.62. The van der Waals surface area contributed by atoms with Crippen LogP contribution in [0.15, 0.2) is 24.3 Å². The Morgan fingerprint density at radius 2 is 1.89 bits per heavy atom. The van der Waals surface area contributed by atoms with Crippen LogP contribution >= 0.6 is 34.8 Å². The van der Waals surface area contributed by atoms with Crippen LogP contribution in [0.3, 0.4) is 0 Å². The Hall–Kier alpha value is -1.10. The van der Waals surface area contributed by atoms with Gasteiger partial charge in [-0.15, -0.1) is 10.2 Å². The van der Waals surface area contributed by atoms with Gasteiger partial charge in [-0.05, 0) is 36.2 Å². The number of halogens is 3. The number of anilines is 1. The highest BCUT2D eigenvalue weighted by Crippen LogP contribution is 2.29. The van der Waals surface area contributed by atoms with Gasteiger partial charge in [-0.25, -0.2) is 0 Å². The minimum absolute atomic E-state index is 0.0176. The van der Waals surface area contributed by atoms with Gasteiger partial charge in [0, 0.05) is 12.1 Å². The number of hydrogen-bond acceptors (Lipinski definition) is 4. The largest absolute Gasteiger partial charge is 0.350 e. The molecule has 0 saturated carbocycles. The van der Waals surface area contributed by atoms with Crippen molar-refractivity contribution in [3.8, 4) is 0 Å². The van der Waals surface area contributed by atoms with Gasteiger partial charge in [0.2, 0.25) is 5.28 Å². The topological polar surface area (TPSA) is 41.9 Å². The predicted molar refractivity (Wildman–Crippen MR) is 78.1 cm³/mol. The zero-order chi connectivity index (χ0) is 14.0. The summed E-state index contributed by atoms with van der Waals surface area (Å²) in [6.45, 7) is 2.01. The predicted octanol–water partition coefficient (Wildman–Crippen LogP) is 4.03. The Bertz CT molecular complexity index is 591. The fourth-order valence-electron chi connectivity index (χ4n) is 1.68. The molecule has 0 aliphatic carbocycles. The highest BCUT2D eigenvalue weighted by molar-refractivity contribution is 6.32. The second-order valence-electron chi connectivity index (χ2n) is 4.04. The van der Waals surface area contributed by atoms with E-state index in [1.54, 1.807) is 0 Å². The van der Waals surface area contributed by atoms with Crippen LogP contribution in [-0.4, -0.2) is 22.2 Å². The summed E-state index contributed by atoms with van der Waals surface area (Å²) in [5, 5.41) is 8.29. The Morgan fingerprint density at radius 3 is 2.58 bits per heavy atom. The van der Waals surface area contributed by atoms with Gasteiger partial charge in [0.05, 0.1) is 6.04 Å². The van der Waals surface area contributed by atoms with Crippen molar-refractivity contribution < 1.29 is 0 Å². The summed E-state index contributed by atoms with van der Waals surface area (Å²) in [5.41, 5.74) is 1.04. The molecule has 0 spiro atoms. The van der Waals surface area contributed by atoms with E-state index in [4.69, 9.17) is 34.8 Å². The van der Waals surface area contributed by atoms with Crippen LogP contribution in [0.1, 0.15) is 18.5 Å². The molecule has 0 bridgehead atoms. The summed E-state index contributed by atoms with van der Waals surface area (Å²) in [6.07, 6.45) is 0. The van der Waals surface area contributed by atoms with Gasteiger partial charge < -0.3 is 4.90 Å². The maximum Gasteiger partial charge on any atom is 0.245 e. The maximum atomic E-state index is 5.99. The van der Waals surface area contributed by atoms with E-state index in [2.05, 4.69) is 15.2 Å². The molecule has 1 heterocycles. The number of aromatic nitrogens is 3. The average molecular weight is 318 g/mol. The first-order valence-corrected chi connectivity index (χ1v) is 6.66. The number of benzene rings is 1. The van der Waals surface area contributed by atoms with E-state index in [0.717, 1.165) is 5.56 Å².